The molecule has 128 valence electrons. The summed E-state index contributed by atoms with van der Waals surface area (Å²) in [7, 11) is 0. The third-order valence-electron chi connectivity index (χ3n) is 4.09. The minimum Gasteiger partial charge on any atom is -0.480 e. The van der Waals surface area contributed by atoms with Gasteiger partial charge in [0.25, 0.3) is 0 Å². The Morgan fingerprint density at radius 2 is 2.22 bits per heavy atom. The average Bonchev–Trinajstić information content (AvgIpc) is 2.43. The molecule has 0 unspecified atom stereocenters. The molecular weight excluding hydrogens is 306 g/mol. The van der Waals surface area contributed by atoms with E-state index in [9.17, 15) is 13.6 Å². The highest BCUT2D eigenvalue weighted by molar-refractivity contribution is 5.69. The normalized spacial score (nSPS) is 20.6. The number of alkyl halides is 2. The number of ether oxygens (including phenoxy) is 1. The number of nitrogens with zero attached hydrogens (tertiary/aromatic N) is 1. The number of halogens is 2. The molecule has 0 amide bonds. The minimum atomic E-state index is -2.82. The minimum absolute atomic E-state index is 0.0703. The van der Waals surface area contributed by atoms with Gasteiger partial charge >= 0.3 is 12.6 Å². The molecule has 1 aliphatic rings. The van der Waals surface area contributed by atoms with E-state index in [1.54, 1.807) is 12.1 Å². The van der Waals surface area contributed by atoms with Gasteiger partial charge in [-0.2, -0.15) is 8.78 Å². The summed E-state index contributed by atoms with van der Waals surface area (Å²) in [5.74, 6) is -0.650. The molecule has 0 spiro atoms. The van der Waals surface area contributed by atoms with E-state index in [1.807, 2.05) is 17.9 Å². The summed E-state index contributed by atoms with van der Waals surface area (Å²) in [6.07, 6.45) is 1.79. The number of likely N-dealkylation sites (N-methyl/N-ethyl adjacent to an activating group) is 1. The Labute approximate surface area is 134 Å². The van der Waals surface area contributed by atoms with Crippen LogP contribution in [0.15, 0.2) is 24.3 Å². The molecule has 0 aliphatic heterocycles. The highest BCUT2D eigenvalue weighted by atomic mass is 19.3. The monoisotopic (exact) mass is 328 g/mol. The van der Waals surface area contributed by atoms with E-state index in [0.717, 1.165) is 24.9 Å². The third kappa shape index (κ3) is 5.44. The highest BCUT2D eigenvalue weighted by Gasteiger charge is 2.33. The van der Waals surface area contributed by atoms with Gasteiger partial charge in [0.05, 0.1) is 6.54 Å². The zero-order valence-electron chi connectivity index (χ0n) is 13.0. The van der Waals surface area contributed by atoms with Crippen LogP contribution in [0.25, 0.3) is 0 Å². The summed E-state index contributed by atoms with van der Waals surface area (Å²) in [6.45, 7) is 0.499. The first kappa shape index (κ1) is 17.6. The number of nitrogens with one attached hydrogen (secondary N) is 1. The van der Waals surface area contributed by atoms with E-state index in [1.165, 1.54) is 6.07 Å². The molecule has 0 saturated heterocycles. The lowest BCUT2D eigenvalue weighted by atomic mass is 9.85. The molecule has 2 rings (SSSR count). The lowest BCUT2D eigenvalue weighted by Crippen LogP contribution is -2.53. The van der Waals surface area contributed by atoms with Crippen molar-refractivity contribution in [1.82, 2.24) is 10.2 Å². The summed E-state index contributed by atoms with van der Waals surface area (Å²) in [6, 6.07) is 7.25. The van der Waals surface area contributed by atoms with Crippen molar-refractivity contribution in [2.45, 2.75) is 45.0 Å². The maximum Gasteiger partial charge on any atom is 0.387 e. The van der Waals surface area contributed by atoms with Crippen LogP contribution in [0, 0.1) is 0 Å². The number of aliphatic carboxylic acids is 1. The first-order valence-corrected chi connectivity index (χ1v) is 7.71. The van der Waals surface area contributed by atoms with Gasteiger partial charge in [0, 0.05) is 18.6 Å². The van der Waals surface area contributed by atoms with Gasteiger partial charge in [0.15, 0.2) is 0 Å². The quantitative estimate of drug-likeness (QED) is 0.728. The van der Waals surface area contributed by atoms with Crippen molar-refractivity contribution in [1.29, 1.82) is 0 Å². The lowest BCUT2D eigenvalue weighted by molar-refractivity contribution is -0.139. The molecule has 1 aliphatic carbocycles. The maximum atomic E-state index is 12.2. The molecule has 5 nitrogen and oxygen atoms in total. The van der Waals surface area contributed by atoms with Crippen LogP contribution in [-0.4, -0.2) is 47.8 Å². The standard InChI is InChI=1S/C16H22F2N2O3/c1-2-20(10-15(21)22)13-7-12(8-13)19-9-11-4-3-5-14(6-11)23-16(17)18/h3-6,12-13,16,19H,2,7-10H2,1H3,(H,21,22). The number of carboxylic acid groups (broad SMARTS) is 1. The molecule has 7 heteroatoms. The van der Waals surface area contributed by atoms with Crippen molar-refractivity contribution in [3.05, 3.63) is 29.8 Å². The van der Waals surface area contributed by atoms with Gasteiger partial charge in [-0.05, 0) is 37.1 Å². The van der Waals surface area contributed by atoms with E-state index in [4.69, 9.17) is 5.11 Å². The largest absolute Gasteiger partial charge is 0.480 e. The summed E-state index contributed by atoms with van der Waals surface area (Å²) in [5, 5.41) is 12.2. The topological polar surface area (TPSA) is 61.8 Å². The predicted molar refractivity (Wildman–Crippen MR) is 81.6 cm³/mol. The molecule has 0 bridgehead atoms. The first-order valence-electron chi connectivity index (χ1n) is 7.71. The fraction of sp³-hybridized carbons (Fsp3) is 0.562. The lowest BCUT2D eigenvalue weighted by Gasteiger charge is -2.42. The average molecular weight is 328 g/mol. The van der Waals surface area contributed by atoms with E-state index < -0.39 is 12.6 Å². The number of benzene rings is 1. The summed E-state index contributed by atoms with van der Waals surface area (Å²) < 4.78 is 28.8. The molecule has 0 heterocycles. The van der Waals surface area contributed by atoms with Gasteiger partial charge in [-0.1, -0.05) is 19.1 Å². The Hall–Kier alpha value is -1.73. The van der Waals surface area contributed by atoms with Gasteiger partial charge in [-0.15, -0.1) is 0 Å². The third-order valence-corrected chi connectivity index (χ3v) is 4.09. The Balaban J connectivity index is 1.75. The molecule has 1 fully saturated rings. The first-order chi connectivity index (χ1) is 11.0. The van der Waals surface area contributed by atoms with Crippen LogP contribution in [0.1, 0.15) is 25.3 Å². The van der Waals surface area contributed by atoms with Crippen molar-refractivity contribution in [2.24, 2.45) is 0 Å². The zero-order valence-corrected chi connectivity index (χ0v) is 13.0. The summed E-state index contributed by atoms with van der Waals surface area (Å²) >= 11 is 0. The van der Waals surface area contributed by atoms with Crippen LogP contribution >= 0.6 is 0 Å². The van der Waals surface area contributed by atoms with Crippen molar-refractivity contribution < 1.29 is 23.4 Å². The SMILES string of the molecule is CCN(CC(=O)O)C1CC(NCc2cccc(OC(F)F)c2)C1. The van der Waals surface area contributed by atoms with Gasteiger partial charge in [-0.25, -0.2) is 0 Å². The van der Waals surface area contributed by atoms with Crippen LogP contribution in [0.2, 0.25) is 0 Å². The molecule has 1 aromatic rings. The van der Waals surface area contributed by atoms with Gasteiger partial charge in [0.1, 0.15) is 5.75 Å². The molecule has 0 aromatic heterocycles. The van der Waals surface area contributed by atoms with Gasteiger partial charge in [-0.3, -0.25) is 9.69 Å². The number of carboxylic acids is 1. The Bertz CT molecular complexity index is 522. The van der Waals surface area contributed by atoms with Crippen LogP contribution < -0.4 is 10.1 Å². The smallest absolute Gasteiger partial charge is 0.387 e. The van der Waals surface area contributed by atoms with Crippen LogP contribution in [0.4, 0.5) is 8.78 Å². The van der Waals surface area contributed by atoms with Crippen molar-refractivity contribution in [2.75, 3.05) is 13.1 Å². The number of rotatable bonds is 9. The Kier molecular flexibility index (Phi) is 6.29. The second-order valence-electron chi connectivity index (χ2n) is 5.69. The van der Waals surface area contributed by atoms with E-state index >= 15 is 0 Å². The van der Waals surface area contributed by atoms with Crippen molar-refractivity contribution in [3.8, 4) is 5.75 Å². The molecular formula is C16H22F2N2O3. The number of hydrogen-bond donors (Lipinski definition) is 2. The molecule has 1 saturated carbocycles. The van der Waals surface area contributed by atoms with Gasteiger partial charge in [0.2, 0.25) is 0 Å². The van der Waals surface area contributed by atoms with Crippen LogP contribution in [-0.2, 0) is 11.3 Å². The number of hydrogen-bond acceptors (Lipinski definition) is 4. The van der Waals surface area contributed by atoms with E-state index in [0.29, 0.717) is 18.6 Å². The highest BCUT2D eigenvalue weighted by Crippen LogP contribution is 2.26. The second kappa shape index (κ2) is 8.21. The Morgan fingerprint density at radius 3 is 2.83 bits per heavy atom. The fourth-order valence-corrected chi connectivity index (χ4v) is 2.82. The molecule has 2 N–H and O–H groups in total. The predicted octanol–water partition coefficient (Wildman–Crippen LogP) is 2.32. The fourth-order valence-electron chi connectivity index (χ4n) is 2.82. The van der Waals surface area contributed by atoms with E-state index in [2.05, 4.69) is 10.1 Å². The van der Waals surface area contributed by atoms with Crippen molar-refractivity contribution in [3.63, 3.8) is 0 Å². The zero-order chi connectivity index (χ0) is 16.8. The van der Waals surface area contributed by atoms with Gasteiger partial charge < -0.3 is 15.2 Å². The van der Waals surface area contributed by atoms with Crippen LogP contribution in [0.3, 0.4) is 0 Å². The number of carbonyl (C=O) groups is 1. The molecule has 0 radical (unpaired) electrons. The summed E-state index contributed by atoms with van der Waals surface area (Å²) in [5.41, 5.74) is 0.879. The summed E-state index contributed by atoms with van der Waals surface area (Å²) in [4.78, 5) is 12.7. The molecule has 0 atom stereocenters. The van der Waals surface area contributed by atoms with Crippen molar-refractivity contribution >= 4 is 5.97 Å². The maximum absolute atomic E-state index is 12.2. The second-order valence-corrected chi connectivity index (χ2v) is 5.69. The van der Waals surface area contributed by atoms with Crippen LogP contribution in [0.5, 0.6) is 5.75 Å². The molecule has 23 heavy (non-hydrogen) atoms. The Morgan fingerprint density at radius 1 is 1.48 bits per heavy atom. The molecule has 1 aromatic carbocycles. The van der Waals surface area contributed by atoms with E-state index in [-0.39, 0.29) is 12.3 Å².